The van der Waals surface area contributed by atoms with Gasteiger partial charge in [-0.05, 0) is 32.1 Å². The first-order valence-corrected chi connectivity index (χ1v) is 6.13. The van der Waals surface area contributed by atoms with E-state index in [4.69, 9.17) is 4.74 Å². The van der Waals surface area contributed by atoms with E-state index in [1.54, 1.807) is 6.20 Å². The van der Waals surface area contributed by atoms with Crippen molar-refractivity contribution in [2.75, 3.05) is 19.8 Å². The number of aromatic nitrogens is 2. The Morgan fingerprint density at radius 2 is 2.47 bits per heavy atom. The Balaban J connectivity index is 1.55. The van der Waals surface area contributed by atoms with Gasteiger partial charge in [0.15, 0.2) is 0 Å². The molecule has 0 aliphatic heterocycles. The first-order chi connectivity index (χ1) is 8.27. The Morgan fingerprint density at radius 3 is 3.12 bits per heavy atom. The lowest BCUT2D eigenvalue weighted by Gasteiger charge is -2.05. The Labute approximate surface area is 101 Å². The van der Waals surface area contributed by atoms with Gasteiger partial charge in [0, 0.05) is 25.5 Å². The van der Waals surface area contributed by atoms with Crippen molar-refractivity contribution < 1.29 is 9.53 Å². The number of aromatic amines is 1. The molecule has 0 atom stereocenters. The SMILES string of the molecule is Cc1[nH]ncc1C(=O)NCCCOCC1CC1. The Bertz CT molecular complexity index is 372. The number of aryl methyl sites for hydroxylation is 1. The van der Waals surface area contributed by atoms with Crippen LogP contribution >= 0.6 is 0 Å². The fraction of sp³-hybridized carbons (Fsp3) is 0.667. The molecule has 5 nitrogen and oxygen atoms in total. The van der Waals surface area contributed by atoms with Crippen LogP contribution in [-0.4, -0.2) is 35.9 Å². The zero-order valence-electron chi connectivity index (χ0n) is 10.2. The molecule has 5 heteroatoms. The third kappa shape index (κ3) is 3.85. The Kier molecular flexibility index (Phi) is 4.14. The predicted octanol–water partition coefficient (Wildman–Crippen LogP) is 1.26. The lowest BCUT2D eigenvalue weighted by Crippen LogP contribution is -2.25. The standard InChI is InChI=1S/C12H19N3O2/c1-9-11(7-14-15-9)12(16)13-5-2-6-17-8-10-3-4-10/h7,10H,2-6,8H2,1H3,(H,13,16)(H,14,15). The van der Waals surface area contributed by atoms with Crippen molar-refractivity contribution in [3.63, 3.8) is 0 Å². The van der Waals surface area contributed by atoms with Gasteiger partial charge in [0.05, 0.1) is 11.8 Å². The van der Waals surface area contributed by atoms with Crippen molar-refractivity contribution in [3.8, 4) is 0 Å². The highest BCUT2D eigenvalue weighted by molar-refractivity contribution is 5.94. The molecule has 0 saturated heterocycles. The fourth-order valence-corrected chi connectivity index (χ4v) is 1.59. The summed E-state index contributed by atoms with van der Waals surface area (Å²) >= 11 is 0. The van der Waals surface area contributed by atoms with E-state index in [0.29, 0.717) is 12.1 Å². The van der Waals surface area contributed by atoms with E-state index in [2.05, 4.69) is 15.5 Å². The highest BCUT2D eigenvalue weighted by Crippen LogP contribution is 2.28. The number of rotatable bonds is 7. The largest absolute Gasteiger partial charge is 0.381 e. The van der Waals surface area contributed by atoms with Gasteiger partial charge in [0.25, 0.3) is 5.91 Å². The maximum atomic E-state index is 11.7. The normalized spacial score (nSPS) is 14.9. The first kappa shape index (κ1) is 12.1. The van der Waals surface area contributed by atoms with Crippen molar-refractivity contribution >= 4 is 5.91 Å². The zero-order valence-corrected chi connectivity index (χ0v) is 10.2. The van der Waals surface area contributed by atoms with Crippen molar-refractivity contribution in [1.29, 1.82) is 0 Å². The maximum absolute atomic E-state index is 11.7. The molecule has 1 aromatic heterocycles. The van der Waals surface area contributed by atoms with Gasteiger partial charge in [-0.15, -0.1) is 0 Å². The summed E-state index contributed by atoms with van der Waals surface area (Å²) in [5.74, 6) is 0.733. The van der Waals surface area contributed by atoms with Gasteiger partial charge in [0.1, 0.15) is 0 Å². The number of hydrogen-bond donors (Lipinski definition) is 2. The summed E-state index contributed by atoms with van der Waals surface area (Å²) in [6.07, 6.45) is 5.04. The van der Waals surface area contributed by atoms with E-state index in [-0.39, 0.29) is 5.91 Å². The summed E-state index contributed by atoms with van der Waals surface area (Å²) in [4.78, 5) is 11.7. The van der Waals surface area contributed by atoms with E-state index in [9.17, 15) is 4.79 Å². The van der Waals surface area contributed by atoms with Crippen LogP contribution in [0.3, 0.4) is 0 Å². The highest BCUT2D eigenvalue weighted by atomic mass is 16.5. The van der Waals surface area contributed by atoms with Crippen LogP contribution in [-0.2, 0) is 4.74 Å². The minimum atomic E-state index is -0.0709. The van der Waals surface area contributed by atoms with Gasteiger partial charge >= 0.3 is 0 Å². The number of ether oxygens (including phenoxy) is 1. The third-order valence-electron chi connectivity index (χ3n) is 2.88. The second-order valence-corrected chi connectivity index (χ2v) is 4.54. The van der Waals surface area contributed by atoms with E-state index in [0.717, 1.165) is 31.2 Å². The molecule has 2 rings (SSSR count). The second kappa shape index (κ2) is 5.82. The quantitative estimate of drug-likeness (QED) is 0.702. The molecule has 0 spiro atoms. The molecule has 1 aliphatic carbocycles. The maximum Gasteiger partial charge on any atom is 0.254 e. The third-order valence-corrected chi connectivity index (χ3v) is 2.88. The summed E-state index contributed by atoms with van der Waals surface area (Å²) in [7, 11) is 0. The van der Waals surface area contributed by atoms with Gasteiger partial charge < -0.3 is 10.1 Å². The van der Waals surface area contributed by atoms with E-state index < -0.39 is 0 Å². The Morgan fingerprint density at radius 1 is 1.65 bits per heavy atom. The lowest BCUT2D eigenvalue weighted by molar-refractivity contribution is 0.0937. The molecular weight excluding hydrogens is 218 g/mol. The molecule has 0 radical (unpaired) electrons. The van der Waals surface area contributed by atoms with Gasteiger partial charge in [0.2, 0.25) is 0 Å². The van der Waals surface area contributed by atoms with E-state index in [1.165, 1.54) is 12.8 Å². The lowest BCUT2D eigenvalue weighted by atomic mass is 10.2. The number of carbonyl (C=O) groups is 1. The molecule has 1 fully saturated rings. The van der Waals surface area contributed by atoms with Gasteiger partial charge in [-0.1, -0.05) is 0 Å². The van der Waals surface area contributed by atoms with Crippen molar-refractivity contribution in [1.82, 2.24) is 15.5 Å². The van der Waals surface area contributed by atoms with E-state index >= 15 is 0 Å². The predicted molar refractivity (Wildman–Crippen MR) is 63.8 cm³/mol. The molecule has 1 aromatic rings. The molecule has 17 heavy (non-hydrogen) atoms. The summed E-state index contributed by atoms with van der Waals surface area (Å²) in [5.41, 5.74) is 1.41. The van der Waals surface area contributed by atoms with Crippen LogP contribution < -0.4 is 5.32 Å². The van der Waals surface area contributed by atoms with E-state index in [1.807, 2.05) is 6.92 Å². The van der Waals surface area contributed by atoms with Crippen LogP contribution in [0.1, 0.15) is 35.3 Å². The van der Waals surface area contributed by atoms with Crippen LogP contribution in [0.4, 0.5) is 0 Å². The number of carbonyl (C=O) groups excluding carboxylic acids is 1. The monoisotopic (exact) mass is 237 g/mol. The molecule has 2 N–H and O–H groups in total. The van der Waals surface area contributed by atoms with Crippen LogP contribution in [0, 0.1) is 12.8 Å². The highest BCUT2D eigenvalue weighted by Gasteiger charge is 2.20. The molecule has 0 bridgehead atoms. The summed E-state index contributed by atoms with van der Waals surface area (Å²) in [5, 5.41) is 9.41. The molecule has 0 aromatic carbocycles. The van der Waals surface area contributed by atoms with Crippen molar-refractivity contribution in [3.05, 3.63) is 17.5 Å². The van der Waals surface area contributed by atoms with Crippen LogP contribution in [0.15, 0.2) is 6.20 Å². The number of nitrogens with one attached hydrogen (secondary N) is 2. The van der Waals surface area contributed by atoms with Crippen LogP contribution in [0.5, 0.6) is 0 Å². The number of amides is 1. The number of nitrogens with zero attached hydrogens (tertiary/aromatic N) is 1. The minimum absolute atomic E-state index is 0.0709. The van der Waals surface area contributed by atoms with Crippen LogP contribution in [0.2, 0.25) is 0 Å². The summed E-state index contributed by atoms with van der Waals surface area (Å²) in [6, 6.07) is 0. The first-order valence-electron chi connectivity index (χ1n) is 6.13. The van der Waals surface area contributed by atoms with Crippen LogP contribution in [0.25, 0.3) is 0 Å². The summed E-state index contributed by atoms with van der Waals surface area (Å²) in [6.45, 7) is 4.09. The second-order valence-electron chi connectivity index (χ2n) is 4.54. The van der Waals surface area contributed by atoms with Crippen molar-refractivity contribution in [2.24, 2.45) is 5.92 Å². The molecule has 1 aliphatic rings. The summed E-state index contributed by atoms with van der Waals surface area (Å²) < 4.78 is 5.48. The molecule has 0 unspecified atom stereocenters. The molecule has 1 heterocycles. The molecule has 1 saturated carbocycles. The molecule has 1 amide bonds. The average Bonchev–Trinajstić information content (AvgIpc) is 3.04. The fourth-order valence-electron chi connectivity index (χ4n) is 1.59. The number of hydrogen-bond acceptors (Lipinski definition) is 3. The number of H-pyrrole nitrogens is 1. The smallest absolute Gasteiger partial charge is 0.254 e. The molecule has 94 valence electrons. The molecular formula is C12H19N3O2. The topological polar surface area (TPSA) is 67.0 Å². The van der Waals surface area contributed by atoms with Crippen molar-refractivity contribution in [2.45, 2.75) is 26.2 Å². The van der Waals surface area contributed by atoms with Gasteiger partial charge in [-0.2, -0.15) is 5.10 Å². The Hall–Kier alpha value is -1.36. The van der Waals surface area contributed by atoms with Gasteiger partial charge in [-0.25, -0.2) is 0 Å². The minimum Gasteiger partial charge on any atom is -0.381 e. The average molecular weight is 237 g/mol. The zero-order chi connectivity index (χ0) is 12.1. The van der Waals surface area contributed by atoms with Gasteiger partial charge in [-0.3, -0.25) is 9.89 Å².